The molecule has 1 heteroatoms. The lowest BCUT2D eigenvalue weighted by atomic mass is 10.2. The molecular formula is C10H21N. The van der Waals surface area contributed by atoms with Gasteiger partial charge in [-0.05, 0) is 26.3 Å². The van der Waals surface area contributed by atoms with E-state index in [1.807, 2.05) is 0 Å². The first-order valence-electron chi connectivity index (χ1n) is 4.35. The van der Waals surface area contributed by atoms with Crippen molar-refractivity contribution in [2.24, 2.45) is 5.92 Å². The first kappa shape index (κ1) is 10.7. The normalized spacial score (nSPS) is 11.1. The van der Waals surface area contributed by atoms with Gasteiger partial charge in [0, 0.05) is 13.1 Å². The second-order valence-corrected chi connectivity index (χ2v) is 3.86. The molecule has 0 aromatic heterocycles. The molecule has 66 valence electrons. The van der Waals surface area contributed by atoms with Gasteiger partial charge in [0.2, 0.25) is 0 Å². The van der Waals surface area contributed by atoms with Crippen LogP contribution in [0.3, 0.4) is 0 Å². The van der Waals surface area contributed by atoms with E-state index in [4.69, 9.17) is 0 Å². The van der Waals surface area contributed by atoms with Crippen molar-refractivity contribution in [3.05, 3.63) is 12.2 Å². The Bertz CT molecular complexity index is 116. The maximum absolute atomic E-state index is 3.88. The third-order valence-electron chi connectivity index (χ3n) is 1.60. The summed E-state index contributed by atoms with van der Waals surface area (Å²) in [6.45, 7) is 12.8. The molecule has 0 unspecified atom stereocenters. The largest absolute Gasteiger partial charge is 0.306 e. The van der Waals surface area contributed by atoms with Gasteiger partial charge in [-0.15, -0.1) is 6.58 Å². The molecule has 0 amide bonds. The van der Waals surface area contributed by atoms with Crippen LogP contribution in [0.15, 0.2) is 12.2 Å². The van der Waals surface area contributed by atoms with E-state index in [0.29, 0.717) is 0 Å². The van der Waals surface area contributed by atoms with Gasteiger partial charge in [-0.25, -0.2) is 0 Å². The lowest BCUT2D eigenvalue weighted by Gasteiger charge is -2.18. The maximum atomic E-state index is 3.88. The van der Waals surface area contributed by atoms with Crippen LogP contribution < -0.4 is 0 Å². The monoisotopic (exact) mass is 155 g/mol. The molecule has 0 spiro atoms. The van der Waals surface area contributed by atoms with Crippen molar-refractivity contribution >= 4 is 0 Å². The molecule has 0 saturated heterocycles. The van der Waals surface area contributed by atoms with E-state index in [2.05, 4.69) is 39.3 Å². The van der Waals surface area contributed by atoms with Crippen LogP contribution in [-0.4, -0.2) is 25.0 Å². The van der Waals surface area contributed by atoms with E-state index in [0.717, 1.165) is 18.9 Å². The standard InChI is InChI=1S/C10H21N/c1-9(2)6-7-11(5)8-10(3)4/h10H,1,6-8H2,2-5H3. The van der Waals surface area contributed by atoms with Crippen LogP contribution in [0.1, 0.15) is 27.2 Å². The van der Waals surface area contributed by atoms with Gasteiger partial charge in [-0.2, -0.15) is 0 Å². The molecule has 11 heavy (non-hydrogen) atoms. The van der Waals surface area contributed by atoms with Crippen LogP contribution in [0.25, 0.3) is 0 Å². The molecular weight excluding hydrogens is 134 g/mol. The molecule has 0 aliphatic rings. The Morgan fingerprint density at radius 2 is 2.00 bits per heavy atom. The zero-order valence-corrected chi connectivity index (χ0v) is 8.35. The molecule has 0 radical (unpaired) electrons. The zero-order chi connectivity index (χ0) is 8.85. The summed E-state index contributed by atoms with van der Waals surface area (Å²) in [5.41, 5.74) is 1.28. The average Bonchev–Trinajstić information content (AvgIpc) is 1.82. The number of hydrogen-bond acceptors (Lipinski definition) is 1. The average molecular weight is 155 g/mol. The first-order chi connectivity index (χ1) is 5.02. The Labute approximate surface area is 71.1 Å². The predicted octanol–water partition coefficient (Wildman–Crippen LogP) is 2.54. The number of hydrogen-bond donors (Lipinski definition) is 0. The Balaban J connectivity index is 3.37. The molecule has 0 aromatic rings. The van der Waals surface area contributed by atoms with Gasteiger partial charge in [-0.1, -0.05) is 19.4 Å². The third kappa shape index (κ3) is 7.60. The highest BCUT2D eigenvalue weighted by molar-refractivity contribution is 4.88. The highest BCUT2D eigenvalue weighted by Gasteiger charge is 2.00. The molecule has 0 N–H and O–H groups in total. The molecule has 1 nitrogen and oxygen atoms in total. The quantitative estimate of drug-likeness (QED) is 0.551. The van der Waals surface area contributed by atoms with Crippen LogP contribution >= 0.6 is 0 Å². The summed E-state index contributed by atoms with van der Waals surface area (Å²) in [5, 5.41) is 0. The summed E-state index contributed by atoms with van der Waals surface area (Å²) in [6.07, 6.45) is 1.13. The van der Waals surface area contributed by atoms with E-state index in [9.17, 15) is 0 Å². The van der Waals surface area contributed by atoms with Crippen molar-refractivity contribution in [3.8, 4) is 0 Å². The predicted molar refractivity (Wildman–Crippen MR) is 51.8 cm³/mol. The smallest absolute Gasteiger partial charge is 0.00154 e. The van der Waals surface area contributed by atoms with Crippen molar-refractivity contribution in [2.75, 3.05) is 20.1 Å². The summed E-state index contributed by atoms with van der Waals surface area (Å²) in [4.78, 5) is 2.36. The molecule has 0 saturated carbocycles. The van der Waals surface area contributed by atoms with Crippen LogP contribution in [-0.2, 0) is 0 Å². The lowest BCUT2D eigenvalue weighted by Crippen LogP contribution is -2.24. The van der Waals surface area contributed by atoms with Gasteiger partial charge in [0.15, 0.2) is 0 Å². The van der Waals surface area contributed by atoms with E-state index >= 15 is 0 Å². The van der Waals surface area contributed by atoms with Crippen LogP contribution in [0.5, 0.6) is 0 Å². The summed E-state index contributed by atoms with van der Waals surface area (Å²) in [6, 6.07) is 0. The second-order valence-electron chi connectivity index (χ2n) is 3.86. The van der Waals surface area contributed by atoms with Gasteiger partial charge in [0.1, 0.15) is 0 Å². The van der Waals surface area contributed by atoms with Gasteiger partial charge in [-0.3, -0.25) is 0 Å². The van der Waals surface area contributed by atoms with E-state index < -0.39 is 0 Å². The minimum Gasteiger partial charge on any atom is -0.306 e. The molecule has 0 aliphatic carbocycles. The van der Waals surface area contributed by atoms with E-state index in [-0.39, 0.29) is 0 Å². The van der Waals surface area contributed by atoms with Crippen molar-refractivity contribution in [3.63, 3.8) is 0 Å². The third-order valence-corrected chi connectivity index (χ3v) is 1.60. The highest BCUT2D eigenvalue weighted by Crippen LogP contribution is 2.00. The Hall–Kier alpha value is -0.300. The van der Waals surface area contributed by atoms with Gasteiger partial charge >= 0.3 is 0 Å². The molecule has 0 heterocycles. The molecule has 0 aromatic carbocycles. The molecule has 0 bridgehead atoms. The van der Waals surface area contributed by atoms with Crippen molar-refractivity contribution < 1.29 is 0 Å². The van der Waals surface area contributed by atoms with Crippen LogP contribution in [0.4, 0.5) is 0 Å². The summed E-state index contributed by atoms with van der Waals surface area (Å²) >= 11 is 0. The van der Waals surface area contributed by atoms with Crippen LogP contribution in [0.2, 0.25) is 0 Å². The second kappa shape index (κ2) is 5.36. The highest BCUT2D eigenvalue weighted by atomic mass is 15.1. The fourth-order valence-corrected chi connectivity index (χ4v) is 1.10. The number of rotatable bonds is 5. The first-order valence-corrected chi connectivity index (χ1v) is 4.35. The van der Waals surface area contributed by atoms with Gasteiger partial charge < -0.3 is 4.90 Å². The Kier molecular flexibility index (Phi) is 5.22. The minimum absolute atomic E-state index is 0.769. The number of nitrogens with zero attached hydrogens (tertiary/aromatic N) is 1. The molecule has 0 rings (SSSR count). The fraction of sp³-hybridized carbons (Fsp3) is 0.800. The Morgan fingerprint density at radius 3 is 2.36 bits per heavy atom. The maximum Gasteiger partial charge on any atom is 0.00154 e. The minimum atomic E-state index is 0.769. The summed E-state index contributed by atoms with van der Waals surface area (Å²) in [5.74, 6) is 0.769. The van der Waals surface area contributed by atoms with Crippen molar-refractivity contribution in [2.45, 2.75) is 27.2 Å². The van der Waals surface area contributed by atoms with Gasteiger partial charge in [0.05, 0.1) is 0 Å². The molecule has 0 atom stereocenters. The summed E-state index contributed by atoms with van der Waals surface area (Å²) in [7, 11) is 2.17. The van der Waals surface area contributed by atoms with Gasteiger partial charge in [0.25, 0.3) is 0 Å². The molecule has 0 aliphatic heterocycles. The van der Waals surface area contributed by atoms with Crippen molar-refractivity contribution in [1.82, 2.24) is 4.90 Å². The SMILES string of the molecule is C=C(C)CCN(C)CC(C)C. The zero-order valence-electron chi connectivity index (χ0n) is 8.35. The summed E-state index contributed by atoms with van der Waals surface area (Å²) < 4.78 is 0. The fourth-order valence-electron chi connectivity index (χ4n) is 1.10. The lowest BCUT2D eigenvalue weighted by molar-refractivity contribution is 0.299. The van der Waals surface area contributed by atoms with E-state index in [1.54, 1.807) is 0 Å². The van der Waals surface area contributed by atoms with E-state index in [1.165, 1.54) is 12.1 Å². The van der Waals surface area contributed by atoms with Crippen molar-refractivity contribution in [1.29, 1.82) is 0 Å². The Morgan fingerprint density at radius 1 is 1.45 bits per heavy atom. The van der Waals surface area contributed by atoms with Crippen LogP contribution in [0, 0.1) is 5.92 Å². The topological polar surface area (TPSA) is 3.24 Å². The molecule has 0 fully saturated rings.